The average molecular weight is 537 g/mol. The van der Waals surface area contributed by atoms with Crippen molar-refractivity contribution in [1.29, 1.82) is 0 Å². The summed E-state index contributed by atoms with van der Waals surface area (Å²) >= 11 is 0. The van der Waals surface area contributed by atoms with Crippen LogP contribution in [0.15, 0.2) is 11.6 Å². The summed E-state index contributed by atoms with van der Waals surface area (Å²) in [4.78, 5) is 0. The van der Waals surface area contributed by atoms with Crippen molar-refractivity contribution in [3.05, 3.63) is 11.6 Å². The number of rotatable bonds is 7. The van der Waals surface area contributed by atoms with Gasteiger partial charge in [0, 0.05) is 18.1 Å². The maximum Gasteiger partial charge on any atom is 0.184 e. The SMILES string of the molecule is C[C@]12CC[C@H]3[C@@H](CC=C4C[C@@H](O[Si](C)(C)C)CC[C@@]43CO[Si](C)(C)C)[C@@H]1CC[C@]2(C)O[Si](C)(C)C. The van der Waals surface area contributed by atoms with Crippen LogP contribution < -0.4 is 0 Å². The molecule has 3 fully saturated rings. The Hall–Kier alpha value is 0.271. The molecule has 6 heteroatoms. The average Bonchev–Trinajstić information content (AvgIpc) is 2.93. The van der Waals surface area contributed by atoms with Crippen molar-refractivity contribution in [2.45, 2.75) is 136 Å². The van der Waals surface area contributed by atoms with Gasteiger partial charge in [-0.25, -0.2) is 0 Å². The second kappa shape index (κ2) is 9.18. The molecule has 0 spiro atoms. The van der Waals surface area contributed by atoms with Crippen LogP contribution in [-0.2, 0) is 13.3 Å². The van der Waals surface area contributed by atoms with E-state index in [0.717, 1.165) is 30.8 Å². The molecular formula is C29H56O3Si3. The quantitative estimate of drug-likeness (QED) is 0.241. The van der Waals surface area contributed by atoms with Crippen LogP contribution in [0.1, 0.15) is 65.2 Å². The molecule has 4 rings (SSSR count). The maximum absolute atomic E-state index is 7.01. The van der Waals surface area contributed by atoms with E-state index in [4.69, 9.17) is 13.3 Å². The summed E-state index contributed by atoms with van der Waals surface area (Å²) in [6.07, 6.45) is 13.2. The minimum absolute atomic E-state index is 0.0436. The Morgan fingerprint density at radius 1 is 0.800 bits per heavy atom. The summed E-state index contributed by atoms with van der Waals surface area (Å²) in [5, 5.41) is 0. The van der Waals surface area contributed by atoms with E-state index in [1.165, 1.54) is 44.9 Å². The highest BCUT2D eigenvalue weighted by atomic mass is 28.4. The molecule has 4 aliphatic carbocycles. The largest absolute Gasteiger partial charge is 0.417 e. The zero-order valence-corrected chi connectivity index (χ0v) is 28.0. The van der Waals surface area contributed by atoms with Crippen LogP contribution in [0.25, 0.3) is 0 Å². The van der Waals surface area contributed by atoms with Crippen molar-refractivity contribution >= 4 is 25.0 Å². The molecule has 0 N–H and O–H groups in total. The van der Waals surface area contributed by atoms with Crippen molar-refractivity contribution < 1.29 is 13.3 Å². The number of fused-ring (bicyclic) bond motifs is 5. The van der Waals surface area contributed by atoms with Gasteiger partial charge in [0.05, 0.1) is 5.60 Å². The van der Waals surface area contributed by atoms with Crippen molar-refractivity contribution in [3.8, 4) is 0 Å². The molecule has 202 valence electrons. The van der Waals surface area contributed by atoms with Crippen molar-refractivity contribution in [2.75, 3.05) is 6.61 Å². The lowest BCUT2D eigenvalue weighted by molar-refractivity contribution is -0.115. The lowest BCUT2D eigenvalue weighted by Gasteiger charge is -2.61. The topological polar surface area (TPSA) is 27.7 Å². The van der Waals surface area contributed by atoms with Crippen LogP contribution in [0.4, 0.5) is 0 Å². The Morgan fingerprint density at radius 3 is 2.06 bits per heavy atom. The summed E-state index contributed by atoms with van der Waals surface area (Å²) in [7, 11) is -4.73. The summed E-state index contributed by atoms with van der Waals surface area (Å²) < 4.78 is 20.5. The lowest BCUT2D eigenvalue weighted by Crippen LogP contribution is -2.58. The van der Waals surface area contributed by atoms with E-state index in [-0.39, 0.29) is 11.0 Å². The first-order chi connectivity index (χ1) is 15.9. The van der Waals surface area contributed by atoms with Gasteiger partial charge in [-0.2, -0.15) is 0 Å². The van der Waals surface area contributed by atoms with Gasteiger partial charge < -0.3 is 13.3 Å². The van der Waals surface area contributed by atoms with Crippen molar-refractivity contribution in [1.82, 2.24) is 0 Å². The number of hydrogen-bond donors (Lipinski definition) is 0. The molecule has 7 atom stereocenters. The van der Waals surface area contributed by atoms with Crippen LogP contribution in [-0.4, -0.2) is 43.3 Å². The second-order valence-corrected chi connectivity index (χ2v) is 29.3. The molecule has 0 aliphatic heterocycles. The summed E-state index contributed by atoms with van der Waals surface area (Å²) in [6.45, 7) is 27.3. The second-order valence-electron chi connectivity index (χ2n) is 15.9. The predicted octanol–water partition coefficient (Wildman–Crippen LogP) is 8.61. The first-order valence-electron chi connectivity index (χ1n) is 14.6. The highest BCUT2D eigenvalue weighted by Gasteiger charge is 2.64. The normalized spacial score (nSPS) is 42.2. The Balaban J connectivity index is 1.64. The Kier molecular flexibility index (Phi) is 7.42. The van der Waals surface area contributed by atoms with Gasteiger partial charge in [-0.15, -0.1) is 0 Å². The predicted molar refractivity (Wildman–Crippen MR) is 156 cm³/mol. The van der Waals surface area contributed by atoms with E-state index in [0.29, 0.717) is 11.5 Å². The molecule has 4 aliphatic rings. The van der Waals surface area contributed by atoms with Crippen molar-refractivity contribution in [3.63, 3.8) is 0 Å². The molecule has 0 aromatic carbocycles. The number of hydrogen-bond acceptors (Lipinski definition) is 3. The third-order valence-corrected chi connectivity index (χ3v) is 13.2. The van der Waals surface area contributed by atoms with Gasteiger partial charge in [-0.3, -0.25) is 0 Å². The third-order valence-electron chi connectivity index (χ3n) is 10.1. The molecule has 0 radical (unpaired) electrons. The van der Waals surface area contributed by atoms with Crippen molar-refractivity contribution in [2.24, 2.45) is 28.6 Å². The van der Waals surface area contributed by atoms with Crippen LogP contribution in [0.3, 0.4) is 0 Å². The van der Waals surface area contributed by atoms with Gasteiger partial charge in [0.25, 0.3) is 0 Å². The molecule has 3 saturated carbocycles. The standard InChI is InChI=1S/C29H56O3Si3/c1-27-17-15-26-24(25(27)16-18-28(27,2)32-35(9,10)11)13-12-22-20-23(31-34(6,7)8)14-19-29(22,26)21-30-33(3,4)5/h12,23-26H,13-21H2,1-11H3/t23-,24-,25-,26-,27-,28-,29+/m0/s1. The first-order valence-corrected chi connectivity index (χ1v) is 24.8. The smallest absolute Gasteiger partial charge is 0.184 e. The fourth-order valence-corrected chi connectivity index (χ4v) is 12.3. The summed E-state index contributed by atoms with van der Waals surface area (Å²) in [5.41, 5.74) is 2.29. The zero-order chi connectivity index (χ0) is 26.1. The molecule has 0 unspecified atom stereocenters. The molecular weight excluding hydrogens is 481 g/mol. The van der Waals surface area contributed by atoms with Crippen LogP contribution in [0.5, 0.6) is 0 Å². The Labute approximate surface area is 220 Å². The maximum atomic E-state index is 7.01. The lowest BCUT2D eigenvalue weighted by atomic mass is 9.46. The van der Waals surface area contributed by atoms with Gasteiger partial charge in [0.2, 0.25) is 0 Å². The molecule has 0 aromatic rings. The summed E-state index contributed by atoms with van der Waals surface area (Å²) in [5.74, 6) is 2.32. The Morgan fingerprint density at radius 2 is 1.46 bits per heavy atom. The monoisotopic (exact) mass is 536 g/mol. The fourth-order valence-electron chi connectivity index (χ4n) is 8.71. The Bertz CT molecular complexity index is 822. The van der Waals surface area contributed by atoms with Gasteiger partial charge in [-0.1, -0.05) is 18.6 Å². The third kappa shape index (κ3) is 5.54. The van der Waals surface area contributed by atoms with Gasteiger partial charge in [-0.05, 0) is 140 Å². The van der Waals surface area contributed by atoms with E-state index >= 15 is 0 Å². The van der Waals surface area contributed by atoms with Gasteiger partial charge in [0.1, 0.15) is 0 Å². The highest BCUT2D eigenvalue weighted by Crippen LogP contribution is 2.68. The highest BCUT2D eigenvalue weighted by molar-refractivity contribution is 6.70. The van der Waals surface area contributed by atoms with E-state index in [2.05, 4.69) is 78.8 Å². The van der Waals surface area contributed by atoms with E-state index < -0.39 is 25.0 Å². The summed E-state index contributed by atoms with van der Waals surface area (Å²) in [6, 6.07) is 0. The minimum atomic E-state index is -1.60. The van der Waals surface area contributed by atoms with Crippen LogP contribution in [0.2, 0.25) is 58.9 Å². The fraction of sp³-hybridized carbons (Fsp3) is 0.931. The number of allylic oxidation sites excluding steroid dienone is 1. The van der Waals surface area contributed by atoms with E-state index in [1.54, 1.807) is 5.57 Å². The first kappa shape index (κ1) is 28.3. The molecule has 35 heavy (non-hydrogen) atoms. The molecule has 3 nitrogen and oxygen atoms in total. The van der Waals surface area contributed by atoms with Gasteiger partial charge in [0.15, 0.2) is 25.0 Å². The molecule has 0 saturated heterocycles. The van der Waals surface area contributed by atoms with E-state index in [9.17, 15) is 0 Å². The van der Waals surface area contributed by atoms with Gasteiger partial charge >= 0.3 is 0 Å². The zero-order valence-electron chi connectivity index (χ0n) is 25.0. The molecule has 0 bridgehead atoms. The van der Waals surface area contributed by atoms with Crippen LogP contribution >= 0.6 is 0 Å². The molecule has 0 amide bonds. The molecule has 0 aromatic heterocycles. The van der Waals surface area contributed by atoms with E-state index in [1.807, 2.05) is 0 Å². The molecule has 0 heterocycles. The minimum Gasteiger partial charge on any atom is -0.417 e. The van der Waals surface area contributed by atoms with Crippen LogP contribution in [0, 0.1) is 28.6 Å².